The van der Waals surface area contributed by atoms with E-state index < -0.39 is 0 Å². The van der Waals surface area contributed by atoms with Gasteiger partial charge in [-0.15, -0.1) is 6.58 Å². The molecule has 0 aromatic heterocycles. The van der Waals surface area contributed by atoms with Crippen molar-refractivity contribution in [3.05, 3.63) is 47.5 Å². The molecule has 1 aromatic rings. The third-order valence-electron chi connectivity index (χ3n) is 3.29. The van der Waals surface area contributed by atoms with Crippen LogP contribution in [0.2, 0.25) is 5.02 Å². The molecule has 1 rings (SSSR count). The van der Waals surface area contributed by atoms with Crippen molar-refractivity contribution < 1.29 is 0 Å². The van der Waals surface area contributed by atoms with Gasteiger partial charge in [-0.05, 0) is 49.9 Å². The summed E-state index contributed by atoms with van der Waals surface area (Å²) in [5.74, 6) is 0. The Morgan fingerprint density at radius 1 is 1.32 bits per heavy atom. The van der Waals surface area contributed by atoms with Crippen molar-refractivity contribution >= 4 is 11.6 Å². The highest BCUT2D eigenvalue weighted by atomic mass is 35.5. The minimum absolute atomic E-state index is 0.433. The zero-order valence-corrected chi connectivity index (χ0v) is 12.8. The second-order valence-corrected chi connectivity index (χ2v) is 5.42. The van der Waals surface area contributed by atoms with Crippen LogP contribution in [-0.2, 0) is 0 Å². The molecule has 19 heavy (non-hydrogen) atoms. The zero-order valence-electron chi connectivity index (χ0n) is 12.0. The molecule has 0 amide bonds. The minimum atomic E-state index is 0.433. The molecule has 0 spiro atoms. The smallest absolute Gasteiger partial charge is 0.0409 e. The fourth-order valence-electron chi connectivity index (χ4n) is 2.24. The first-order valence-electron chi connectivity index (χ1n) is 7.37. The molecule has 1 nitrogen and oxygen atoms in total. The van der Waals surface area contributed by atoms with Crippen LogP contribution in [0.3, 0.4) is 0 Å². The summed E-state index contributed by atoms with van der Waals surface area (Å²) in [6, 6.07) is 8.66. The number of halogens is 1. The standard InChI is InChI=1S/C17H26ClN/c1-3-5-6-7-8-12-17(19-13-4-2)15-10-9-11-16(18)14-15/h3,9-11,14,17,19H,1,4-8,12-13H2,2H3. The molecule has 0 bridgehead atoms. The van der Waals surface area contributed by atoms with Crippen LogP contribution in [0.4, 0.5) is 0 Å². The van der Waals surface area contributed by atoms with Gasteiger partial charge in [0.15, 0.2) is 0 Å². The molecule has 0 aliphatic rings. The predicted molar refractivity (Wildman–Crippen MR) is 85.8 cm³/mol. The van der Waals surface area contributed by atoms with E-state index >= 15 is 0 Å². The second kappa shape index (κ2) is 10.1. The molecule has 0 heterocycles. The minimum Gasteiger partial charge on any atom is -0.310 e. The summed E-state index contributed by atoms with van der Waals surface area (Å²) in [4.78, 5) is 0. The average molecular weight is 280 g/mol. The highest BCUT2D eigenvalue weighted by Gasteiger charge is 2.10. The third kappa shape index (κ3) is 6.79. The molecule has 2 heteroatoms. The maximum atomic E-state index is 6.09. The Labute approximate surface area is 123 Å². The Kier molecular flexibility index (Phi) is 8.61. The van der Waals surface area contributed by atoms with E-state index in [9.17, 15) is 0 Å². The predicted octanol–water partition coefficient (Wildman–Crippen LogP) is 5.52. The topological polar surface area (TPSA) is 12.0 Å². The number of hydrogen-bond acceptors (Lipinski definition) is 1. The summed E-state index contributed by atoms with van der Waals surface area (Å²) < 4.78 is 0. The van der Waals surface area contributed by atoms with E-state index in [-0.39, 0.29) is 0 Å². The molecule has 0 saturated heterocycles. The molecule has 1 aromatic carbocycles. The lowest BCUT2D eigenvalue weighted by atomic mass is 10.00. The maximum absolute atomic E-state index is 6.09. The number of unbranched alkanes of at least 4 members (excludes halogenated alkanes) is 3. The van der Waals surface area contributed by atoms with Gasteiger partial charge in [-0.1, -0.05) is 49.6 Å². The lowest BCUT2D eigenvalue weighted by Crippen LogP contribution is -2.22. The number of nitrogens with one attached hydrogen (secondary N) is 1. The summed E-state index contributed by atoms with van der Waals surface area (Å²) in [7, 11) is 0. The normalized spacial score (nSPS) is 12.3. The van der Waals surface area contributed by atoms with Gasteiger partial charge in [0.25, 0.3) is 0 Å². The molecule has 0 saturated carbocycles. The quantitative estimate of drug-likeness (QED) is 0.439. The first-order chi connectivity index (χ1) is 9.27. The van der Waals surface area contributed by atoms with Crippen LogP contribution in [0.5, 0.6) is 0 Å². The van der Waals surface area contributed by atoms with Crippen LogP contribution in [-0.4, -0.2) is 6.54 Å². The van der Waals surface area contributed by atoms with Crippen LogP contribution >= 0.6 is 11.6 Å². The van der Waals surface area contributed by atoms with E-state index in [0.29, 0.717) is 6.04 Å². The van der Waals surface area contributed by atoms with Gasteiger partial charge in [-0.2, -0.15) is 0 Å². The number of hydrogen-bond donors (Lipinski definition) is 1. The van der Waals surface area contributed by atoms with E-state index in [1.807, 2.05) is 18.2 Å². The largest absolute Gasteiger partial charge is 0.310 e. The van der Waals surface area contributed by atoms with Gasteiger partial charge in [0.1, 0.15) is 0 Å². The highest BCUT2D eigenvalue weighted by molar-refractivity contribution is 6.30. The fraction of sp³-hybridized carbons (Fsp3) is 0.529. The Balaban J connectivity index is 2.49. The van der Waals surface area contributed by atoms with E-state index in [4.69, 9.17) is 11.6 Å². The van der Waals surface area contributed by atoms with Crippen LogP contribution in [0.25, 0.3) is 0 Å². The summed E-state index contributed by atoms with van der Waals surface area (Å²) >= 11 is 6.09. The second-order valence-electron chi connectivity index (χ2n) is 4.99. The monoisotopic (exact) mass is 279 g/mol. The third-order valence-corrected chi connectivity index (χ3v) is 3.53. The van der Waals surface area contributed by atoms with E-state index in [1.54, 1.807) is 0 Å². The van der Waals surface area contributed by atoms with Crippen LogP contribution in [0.15, 0.2) is 36.9 Å². The highest BCUT2D eigenvalue weighted by Crippen LogP contribution is 2.23. The van der Waals surface area contributed by atoms with Gasteiger partial charge in [0.05, 0.1) is 0 Å². The van der Waals surface area contributed by atoms with Crippen molar-refractivity contribution in [3.63, 3.8) is 0 Å². The number of benzene rings is 1. The molecule has 1 unspecified atom stereocenters. The van der Waals surface area contributed by atoms with E-state index in [1.165, 1.54) is 31.2 Å². The first kappa shape index (κ1) is 16.3. The summed E-state index contributed by atoms with van der Waals surface area (Å²) in [5.41, 5.74) is 1.31. The molecule has 0 radical (unpaired) electrons. The first-order valence-corrected chi connectivity index (χ1v) is 7.75. The lowest BCUT2D eigenvalue weighted by molar-refractivity contribution is 0.472. The summed E-state index contributed by atoms with van der Waals surface area (Å²) in [6.07, 6.45) is 9.25. The van der Waals surface area contributed by atoms with Gasteiger partial charge in [-0.25, -0.2) is 0 Å². The maximum Gasteiger partial charge on any atom is 0.0409 e. The molecular weight excluding hydrogens is 254 g/mol. The number of rotatable bonds is 10. The summed E-state index contributed by atoms with van der Waals surface area (Å²) in [5, 5.41) is 4.45. The van der Waals surface area contributed by atoms with Crippen molar-refractivity contribution in [2.75, 3.05) is 6.54 Å². The fourth-order valence-corrected chi connectivity index (χ4v) is 2.44. The molecule has 106 valence electrons. The van der Waals surface area contributed by atoms with Crippen molar-refractivity contribution in [3.8, 4) is 0 Å². The van der Waals surface area contributed by atoms with Crippen molar-refractivity contribution in [2.45, 2.75) is 51.5 Å². The Morgan fingerprint density at radius 2 is 2.16 bits per heavy atom. The number of allylic oxidation sites excluding steroid dienone is 1. The molecule has 0 fully saturated rings. The Morgan fingerprint density at radius 3 is 2.84 bits per heavy atom. The van der Waals surface area contributed by atoms with Crippen molar-refractivity contribution in [1.29, 1.82) is 0 Å². The Hall–Kier alpha value is -0.790. The molecule has 1 atom stereocenters. The van der Waals surface area contributed by atoms with Crippen molar-refractivity contribution in [2.24, 2.45) is 0 Å². The van der Waals surface area contributed by atoms with Gasteiger partial charge in [0.2, 0.25) is 0 Å². The van der Waals surface area contributed by atoms with Gasteiger partial charge >= 0.3 is 0 Å². The van der Waals surface area contributed by atoms with Crippen molar-refractivity contribution in [1.82, 2.24) is 5.32 Å². The van der Waals surface area contributed by atoms with Gasteiger partial charge in [0, 0.05) is 11.1 Å². The lowest BCUT2D eigenvalue weighted by Gasteiger charge is -2.19. The van der Waals surface area contributed by atoms with E-state index in [0.717, 1.165) is 24.4 Å². The van der Waals surface area contributed by atoms with Gasteiger partial charge in [-0.3, -0.25) is 0 Å². The van der Waals surface area contributed by atoms with Gasteiger partial charge < -0.3 is 5.32 Å². The molecular formula is C17H26ClN. The average Bonchev–Trinajstić information content (AvgIpc) is 2.42. The Bertz CT molecular complexity index is 362. The zero-order chi connectivity index (χ0) is 13.9. The van der Waals surface area contributed by atoms with Crippen LogP contribution in [0.1, 0.15) is 57.1 Å². The van der Waals surface area contributed by atoms with E-state index in [2.05, 4.69) is 31.0 Å². The summed E-state index contributed by atoms with van der Waals surface area (Å²) in [6.45, 7) is 7.02. The molecule has 0 aliphatic carbocycles. The SMILES string of the molecule is C=CCCCCCC(NCCC)c1cccc(Cl)c1. The van der Waals surface area contributed by atoms with Crippen LogP contribution in [0, 0.1) is 0 Å². The van der Waals surface area contributed by atoms with Crippen LogP contribution < -0.4 is 5.32 Å². The molecule has 1 N–H and O–H groups in total. The molecule has 0 aliphatic heterocycles.